The van der Waals surface area contributed by atoms with Crippen LogP contribution >= 0.6 is 0 Å². The lowest BCUT2D eigenvalue weighted by molar-refractivity contribution is -0.0505. The molecule has 0 bridgehead atoms. The summed E-state index contributed by atoms with van der Waals surface area (Å²) in [6.07, 6.45) is 2.57. The van der Waals surface area contributed by atoms with E-state index in [-0.39, 0.29) is 5.75 Å². The minimum Gasteiger partial charge on any atom is -0.434 e. The number of alkyl halides is 2. The van der Waals surface area contributed by atoms with Crippen LogP contribution < -0.4 is 10.5 Å². The molecule has 0 aliphatic heterocycles. The molecule has 1 heterocycles. The van der Waals surface area contributed by atoms with Gasteiger partial charge in [0.2, 0.25) is 0 Å². The number of hydrogen-bond acceptors (Lipinski definition) is 3. The van der Waals surface area contributed by atoms with E-state index in [1.807, 2.05) is 6.92 Å². The van der Waals surface area contributed by atoms with Crippen molar-refractivity contribution in [1.29, 1.82) is 0 Å². The van der Waals surface area contributed by atoms with Gasteiger partial charge in [-0.15, -0.1) is 0 Å². The summed E-state index contributed by atoms with van der Waals surface area (Å²) >= 11 is 0. The average molecular weight is 281 g/mol. The number of halogens is 2. The fourth-order valence-corrected chi connectivity index (χ4v) is 2.11. The largest absolute Gasteiger partial charge is 0.434 e. The molecule has 1 aromatic carbocycles. The van der Waals surface area contributed by atoms with E-state index in [2.05, 4.69) is 9.84 Å². The van der Waals surface area contributed by atoms with Crippen LogP contribution in [0.25, 0.3) is 0 Å². The van der Waals surface area contributed by atoms with E-state index >= 15 is 0 Å². The molecule has 0 saturated carbocycles. The average Bonchev–Trinajstić information content (AvgIpc) is 2.86. The molecule has 2 aromatic rings. The van der Waals surface area contributed by atoms with E-state index in [1.54, 1.807) is 35.1 Å². The molecule has 2 rings (SSSR count). The van der Waals surface area contributed by atoms with Gasteiger partial charge in [0.25, 0.3) is 0 Å². The zero-order valence-electron chi connectivity index (χ0n) is 11.2. The van der Waals surface area contributed by atoms with Crippen molar-refractivity contribution in [1.82, 2.24) is 9.78 Å². The van der Waals surface area contributed by atoms with Crippen LogP contribution in [0.1, 0.15) is 30.6 Å². The number of aromatic nitrogens is 2. The number of nitrogens with zero attached hydrogens (tertiary/aromatic N) is 2. The lowest BCUT2D eigenvalue weighted by Crippen LogP contribution is -2.19. The van der Waals surface area contributed by atoms with Gasteiger partial charge >= 0.3 is 6.61 Å². The van der Waals surface area contributed by atoms with Crippen molar-refractivity contribution >= 4 is 0 Å². The maximum absolute atomic E-state index is 12.4. The number of hydrogen-bond donors (Lipinski definition) is 1. The maximum Gasteiger partial charge on any atom is 0.387 e. The highest BCUT2D eigenvalue weighted by Gasteiger charge is 2.19. The highest BCUT2D eigenvalue weighted by Crippen LogP contribution is 2.29. The molecule has 0 radical (unpaired) electrons. The number of para-hydroxylation sites is 1. The fraction of sp³-hybridized carbons (Fsp3) is 0.357. The Balaban J connectivity index is 2.32. The summed E-state index contributed by atoms with van der Waals surface area (Å²) in [7, 11) is 0. The molecule has 0 fully saturated rings. The molecular formula is C14H17F2N3O. The van der Waals surface area contributed by atoms with E-state index in [9.17, 15) is 8.78 Å². The lowest BCUT2D eigenvalue weighted by atomic mass is 10.0. The summed E-state index contributed by atoms with van der Waals surface area (Å²) in [5, 5.41) is 4.19. The second-order valence-corrected chi connectivity index (χ2v) is 4.37. The van der Waals surface area contributed by atoms with Gasteiger partial charge in [0, 0.05) is 18.3 Å². The Labute approximate surface area is 116 Å². The summed E-state index contributed by atoms with van der Waals surface area (Å²) in [5.74, 6) is 0.0965. The molecule has 0 amide bonds. The van der Waals surface area contributed by atoms with Gasteiger partial charge in [-0.25, -0.2) is 0 Å². The molecular weight excluding hydrogens is 264 g/mol. The topological polar surface area (TPSA) is 53.1 Å². The Hall–Kier alpha value is -1.95. The van der Waals surface area contributed by atoms with Crippen molar-refractivity contribution in [3.8, 4) is 5.75 Å². The molecule has 108 valence electrons. The number of ether oxygens (including phenoxy) is 1. The van der Waals surface area contributed by atoms with Gasteiger partial charge in [0.1, 0.15) is 5.75 Å². The van der Waals surface area contributed by atoms with Gasteiger partial charge in [-0.1, -0.05) is 25.1 Å². The normalized spacial score (nSPS) is 12.7. The van der Waals surface area contributed by atoms with Gasteiger partial charge in [-0.05, 0) is 18.6 Å². The monoisotopic (exact) mass is 281 g/mol. The number of nitrogens with two attached hydrogens (primary N) is 1. The van der Waals surface area contributed by atoms with Gasteiger partial charge in [-0.2, -0.15) is 13.9 Å². The first-order valence-electron chi connectivity index (χ1n) is 6.44. The van der Waals surface area contributed by atoms with E-state index in [0.717, 1.165) is 18.7 Å². The molecule has 0 aliphatic rings. The summed E-state index contributed by atoms with van der Waals surface area (Å²) in [4.78, 5) is 0. The van der Waals surface area contributed by atoms with Gasteiger partial charge in [0.15, 0.2) is 0 Å². The summed E-state index contributed by atoms with van der Waals surface area (Å²) in [6, 6.07) is 7.79. The fourth-order valence-electron chi connectivity index (χ4n) is 2.11. The van der Waals surface area contributed by atoms with Crippen LogP contribution in [-0.4, -0.2) is 16.4 Å². The van der Waals surface area contributed by atoms with Crippen LogP contribution in [0.2, 0.25) is 0 Å². The van der Waals surface area contributed by atoms with Gasteiger partial charge in [0.05, 0.1) is 11.7 Å². The molecule has 0 spiro atoms. The van der Waals surface area contributed by atoms with Crippen molar-refractivity contribution in [3.05, 3.63) is 47.8 Å². The van der Waals surface area contributed by atoms with Crippen molar-refractivity contribution in [2.75, 3.05) is 0 Å². The van der Waals surface area contributed by atoms with Crippen LogP contribution in [0.15, 0.2) is 36.5 Å². The maximum atomic E-state index is 12.4. The molecule has 2 N–H and O–H groups in total. The van der Waals surface area contributed by atoms with Crippen LogP contribution in [-0.2, 0) is 6.54 Å². The van der Waals surface area contributed by atoms with Crippen molar-refractivity contribution in [3.63, 3.8) is 0 Å². The van der Waals surface area contributed by atoms with Crippen LogP contribution in [0, 0.1) is 0 Å². The number of benzene rings is 1. The SMILES string of the molecule is CCCn1nccc1C(N)c1ccccc1OC(F)F. The third-order valence-corrected chi connectivity index (χ3v) is 2.97. The second-order valence-electron chi connectivity index (χ2n) is 4.37. The highest BCUT2D eigenvalue weighted by molar-refractivity contribution is 5.39. The Kier molecular flexibility index (Phi) is 4.68. The summed E-state index contributed by atoms with van der Waals surface area (Å²) in [6.45, 7) is -0.109. The van der Waals surface area contributed by atoms with Crippen LogP contribution in [0.3, 0.4) is 0 Å². The van der Waals surface area contributed by atoms with Crippen molar-refractivity contribution in [2.45, 2.75) is 32.5 Å². The van der Waals surface area contributed by atoms with Crippen LogP contribution in [0.5, 0.6) is 5.75 Å². The van der Waals surface area contributed by atoms with Crippen molar-refractivity contribution in [2.24, 2.45) is 5.73 Å². The smallest absolute Gasteiger partial charge is 0.387 e. The van der Waals surface area contributed by atoms with E-state index < -0.39 is 12.7 Å². The Bertz CT molecular complexity index is 557. The van der Waals surface area contributed by atoms with E-state index in [0.29, 0.717) is 5.56 Å². The first kappa shape index (κ1) is 14.5. The molecule has 0 aliphatic carbocycles. The van der Waals surface area contributed by atoms with Gasteiger partial charge in [-0.3, -0.25) is 4.68 Å². The minimum atomic E-state index is -2.87. The molecule has 1 aromatic heterocycles. The molecule has 20 heavy (non-hydrogen) atoms. The molecule has 1 atom stereocenters. The number of aryl methyl sites for hydroxylation is 1. The summed E-state index contributed by atoms with van der Waals surface area (Å²) in [5.41, 5.74) is 7.48. The molecule has 1 unspecified atom stereocenters. The Morgan fingerprint density at radius 2 is 2.05 bits per heavy atom. The predicted molar refractivity (Wildman–Crippen MR) is 71.6 cm³/mol. The minimum absolute atomic E-state index is 0.0965. The van der Waals surface area contributed by atoms with Crippen molar-refractivity contribution < 1.29 is 13.5 Å². The standard InChI is InChI=1S/C14H17F2N3O/c1-2-9-19-11(7-8-18-19)13(17)10-5-3-4-6-12(10)20-14(15)16/h3-8,13-14H,2,9,17H2,1H3. The molecule has 0 saturated heterocycles. The third kappa shape index (κ3) is 3.14. The van der Waals surface area contributed by atoms with E-state index in [1.165, 1.54) is 6.07 Å². The zero-order valence-corrected chi connectivity index (χ0v) is 11.2. The first-order chi connectivity index (χ1) is 9.63. The predicted octanol–water partition coefficient (Wildman–Crippen LogP) is 2.94. The Morgan fingerprint density at radius 3 is 2.75 bits per heavy atom. The second kappa shape index (κ2) is 6.47. The zero-order chi connectivity index (χ0) is 14.5. The van der Waals surface area contributed by atoms with Crippen LogP contribution in [0.4, 0.5) is 8.78 Å². The Morgan fingerprint density at radius 1 is 1.30 bits per heavy atom. The molecule has 4 nitrogen and oxygen atoms in total. The van der Waals surface area contributed by atoms with Gasteiger partial charge < -0.3 is 10.5 Å². The quantitative estimate of drug-likeness (QED) is 0.885. The number of rotatable bonds is 6. The lowest BCUT2D eigenvalue weighted by Gasteiger charge is -2.17. The third-order valence-electron chi connectivity index (χ3n) is 2.97. The molecule has 6 heteroatoms. The highest BCUT2D eigenvalue weighted by atomic mass is 19.3. The van der Waals surface area contributed by atoms with E-state index in [4.69, 9.17) is 5.73 Å². The first-order valence-corrected chi connectivity index (χ1v) is 6.44. The summed E-state index contributed by atoms with van der Waals surface area (Å²) < 4.78 is 31.2.